The lowest BCUT2D eigenvalue weighted by atomic mass is 10.0. The van der Waals surface area contributed by atoms with E-state index in [2.05, 4.69) is 10.4 Å². The van der Waals surface area contributed by atoms with E-state index in [4.69, 9.17) is 5.84 Å². The van der Waals surface area contributed by atoms with Gasteiger partial charge in [-0.2, -0.15) is 13.2 Å². The summed E-state index contributed by atoms with van der Waals surface area (Å²) < 4.78 is 105. The van der Waals surface area contributed by atoms with Gasteiger partial charge in [-0.25, -0.2) is 32.4 Å². The summed E-state index contributed by atoms with van der Waals surface area (Å²) in [7, 11) is -4.81. The van der Waals surface area contributed by atoms with E-state index in [0.717, 1.165) is 18.3 Å². The molecule has 1 aromatic carbocycles. The zero-order valence-electron chi connectivity index (χ0n) is 13.4. The lowest BCUT2D eigenvalue weighted by molar-refractivity contribution is -0.129. The van der Waals surface area contributed by atoms with Crippen molar-refractivity contribution in [2.75, 3.05) is 11.2 Å². The van der Waals surface area contributed by atoms with E-state index in [1.165, 1.54) is 0 Å². The van der Waals surface area contributed by atoms with Crippen LogP contribution in [0.15, 0.2) is 30.5 Å². The third-order valence-electron chi connectivity index (χ3n) is 3.61. The molecule has 0 bridgehead atoms. The van der Waals surface area contributed by atoms with Crippen LogP contribution in [0.4, 0.5) is 32.2 Å². The summed E-state index contributed by atoms with van der Waals surface area (Å²) in [6.07, 6.45) is -5.53. The van der Waals surface area contributed by atoms with E-state index in [9.17, 15) is 34.8 Å². The molecule has 1 aromatic heterocycles. The molecule has 0 aliphatic rings. The van der Waals surface area contributed by atoms with Gasteiger partial charge < -0.3 is 5.43 Å². The second-order valence-electron chi connectivity index (χ2n) is 5.49. The van der Waals surface area contributed by atoms with Gasteiger partial charge in [0.05, 0.1) is 12.2 Å². The highest BCUT2D eigenvalue weighted by atomic mass is 32.2. The van der Waals surface area contributed by atoms with Gasteiger partial charge in [0, 0.05) is 11.8 Å². The van der Waals surface area contributed by atoms with Gasteiger partial charge in [0.2, 0.25) is 0 Å². The van der Waals surface area contributed by atoms with Crippen molar-refractivity contribution in [3.05, 3.63) is 59.0 Å². The molecule has 3 N–H and O–H groups in total. The predicted octanol–water partition coefficient (Wildman–Crippen LogP) is 3.24. The summed E-state index contributed by atoms with van der Waals surface area (Å²) >= 11 is 0. The topological polar surface area (TPSA) is 85.1 Å². The van der Waals surface area contributed by atoms with Gasteiger partial charge in [0.15, 0.2) is 21.5 Å². The van der Waals surface area contributed by atoms with Crippen LogP contribution in [0.25, 0.3) is 0 Å². The van der Waals surface area contributed by atoms with Crippen LogP contribution < -0.4 is 11.3 Å². The smallest absolute Gasteiger partial charge is 0.308 e. The van der Waals surface area contributed by atoms with Crippen molar-refractivity contribution in [3.8, 4) is 0 Å². The monoisotopic (exact) mass is 413 g/mol. The van der Waals surface area contributed by atoms with Crippen molar-refractivity contribution in [1.29, 1.82) is 0 Å². The second kappa shape index (κ2) is 7.72. The average molecular weight is 413 g/mol. The molecule has 0 saturated carbocycles. The Labute approximate surface area is 150 Å². The number of anilines is 1. The maximum atomic E-state index is 14.2. The number of hydrazine groups is 1. The van der Waals surface area contributed by atoms with Gasteiger partial charge in [-0.05, 0) is 29.8 Å². The zero-order chi connectivity index (χ0) is 20.4. The summed E-state index contributed by atoms with van der Waals surface area (Å²) in [5.74, 6) is -1.20. The lowest BCUT2D eigenvalue weighted by Crippen LogP contribution is -2.24. The van der Waals surface area contributed by atoms with Gasteiger partial charge >= 0.3 is 6.18 Å². The highest BCUT2D eigenvalue weighted by Crippen LogP contribution is 2.37. The first-order chi connectivity index (χ1) is 12.5. The minimum atomic E-state index is -4.82. The molecular weight excluding hydrogens is 400 g/mol. The van der Waals surface area contributed by atoms with Crippen LogP contribution in [0, 0.1) is 17.5 Å². The highest BCUT2D eigenvalue weighted by molar-refractivity contribution is 7.91. The zero-order valence-corrected chi connectivity index (χ0v) is 14.2. The highest BCUT2D eigenvalue weighted by Gasteiger charge is 2.38. The van der Waals surface area contributed by atoms with Gasteiger partial charge in [-0.3, -0.25) is 0 Å². The minimum absolute atomic E-state index is 0.110. The summed E-state index contributed by atoms with van der Waals surface area (Å²) in [5, 5.41) is -2.23. The van der Waals surface area contributed by atoms with E-state index in [-0.39, 0.29) is 11.4 Å². The predicted molar refractivity (Wildman–Crippen MR) is 84.7 cm³/mol. The fraction of sp³-hybridized carbons (Fsp3) is 0.267. The average Bonchev–Trinajstić information content (AvgIpc) is 2.59. The number of nitrogens with one attached hydrogen (secondary N) is 1. The van der Waals surface area contributed by atoms with E-state index in [1.807, 2.05) is 0 Å². The molecule has 0 saturated heterocycles. The fourth-order valence-electron chi connectivity index (χ4n) is 2.40. The number of halogens is 6. The Morgan fingerprint density at radius 1 is 1.11 bits per heavy atom. The molecule has 1 unspecified atom stereocenters. The first kappa shape index (κ1) is 21.0. The van der Waals surface area contributed by atoms with Gasteiger partial charge in [0.25, 0.3) is 0 Å². The van der Waals surface area contributed by atoms with Crippen LogP contribution in [-0.2, 0) is 9.84 Å². The Balaban J connectivity index is 2.68. The quantitative estimate of drug-likeness (QED) is 0.329. The number of nitrogens with two attached hydrogens (primary N) is 1. The number of rotatable bonds is 6. The number of alkyl halides is 3. The largest absolute Gasteiger partial charge is 0.390 e. The number of aromatic nitrogens is 1. The molecule has 2 rings (SSSR count). The van der Waals surface area contributed by atoms with Crippen molar-refractivity contribution < 1.29 is 34.8 Å². The molecule has 27 heavy (non-hydrogen) atoms. The van der Waals surface area contributed by atoms with Crippen LogP contribution in [-0.4, -0.2) is 25.3 Å². The summed E-state index contributed by atoms with van der Waals surface area (Å²) in [6.45, 7) is 0. The van der Waals surface area contributed by atoms with Crippen molar-refractivity contribution in [2.45, 2.75) is 17.8 Å². The van der Waals surface area contributed by atoms with E-state index < -0.39 is 56.5 Å². The molecule has 0 radical (unpaired) electrons. The number of nitrogen functional groups attached to an aromatic ring is 1. The number of hydrogen-bond donors (Lipinski definition) is 2. The van der Waals surface area contributed by atoms with Crippen LogP contribution in [0.1, 0.15) is 22.8 Å². The second-order valence-corrected chi connectivity index (χ2v) is 7.69. The molecule has 0 aliphatic carbocycles. The Bertz CT molecular complexity index is 934. The van der Waals surface area contributed by atoms with Gasteiger partial charge in [-0.1, -0.05) is 0 Å². The van der Waals surface area contributed by atoms with Crippen LogP contribution in [0.2, 0.25) is 0 Å². The summed E-state index contributed by atoms with van der Waals surface area (Å²) in [5.41, 5.74) is 0.528. The van der Waals surface area contributed by atoms with Crippen molar-refractivity contribution >= 4 is 15.7 Å². The lowest BCUT2D eigenvalue weighted by Gasteiger charge is -2.21. The molecule has 2 aromatic rings. The molecule has 0 amide bonds. The SMILES string of the molecule is NNc1cc(C(c2c(F)ccc(F)c2F)S(=O)(=O)CCC(F)(F)F)ccn1. The first-order valence-corrected chi connectivity index (χ1v) is 9.02. The third-order valence-corrected chi connectivity index (χ3v) is 5.60. The van der Waals surface area contributed by atoms with E-state index in [0.29, 0.717) is 12.1 Å². The third kappa shape index (κ3) is 4.89. The van der Waals surface area contributed by atoms with E-state index >= 15 is 0 Å². The molecule has 1 atom stereocenters. The molecule has 148 valence electrons. The molecular formula is C15H13F6N3O2S. The summed E-state index contributed by atoms with van der Waals surface area (Å²) in [4.78, 5) is 3.69. The van der Waals surface area contributed by atoms with Gasteiger partial charge in [0.1, 0.15) is 16.9 Å². The minimum Gasteiger partial charge on any atom is -0.308 e. The summed E-state index contributed by atoms with van der Waals surface area (Å²) in [6, 6.07) is 2.94. The van der Waals surface area contributed by atoms with Crippen molar-refractivity contribution in [1.82, 2.24) is 4.98 Å². The molecule has 5 nitrogen and oxygen atoms in total. The maximum Gasteiger partial charge on any atom is 0.390 e. The standard InChI is InChI=1S/C15H13F6N3O2S/c16-9-1-2-10(17)13(18)12(9)14(8-3-5-23-11(7-8)24-22)27(25,26)6-4-15(19,20)21/h1-3,5,7,14H,4,6,22H2,(H,23,24). The molecule has 0 fully saturated rings. The Kier molecular flexibility index (Phi) is 6.00. The van der Waals surface area contributed by atoms with Crippen molar-refractivity contribution in [2.24, 2.45) is 5.84 Å². The van der Waals surface area contributed by atoms with Crippen LogP contribution >= 0.6 is 0 Å². The molecule has 1 heterocycles. The Hall–Kier alpha value is -2.34. The van der Waals surface area contributed by atoms with Crippen molar-refractivity contribution in [3.63, 3.8) is 0 Å². The Morgan fingerprint density at radius 3 is 2.33 bits per heavy atom. The Morgan fingerprint density at radius 2 is 1.74 bits per heavy atom. The number of nitrogens with zero attached hydrogens (tertiary/aromatic N) is 1. The maximum absolute atomic E-state index is 14.2. The number of sulfone groups is 1. The number of benzene rings is 1. The molecule has 0 aliphatic heterocycles. The fourth-order valence-corrected chi connectivity index (χ4v) is 4.29. The number of hydrogen-bond acceptors (Lipinski definition) is 5. The first-order valence-electron chi connectivity index (χ1n) is 7.30. The molecule has 12 heteroatoms. The number of pyridine rings is 1. The van der Waals surface area contributed by atoms with Crippen LogP contribution in [0.3, 0.4) is 0 Å². The van der Waals surface area contributed by atoms with Gasteiger partial charge in [-0.15, -0.1) is 0 Å². The van der Waals surface area contributed by atoms with Crippen LogP contribution in [0.5, 0.6) is 0 Å². The molecule has 0 spiro atoms. The normalized spacial score (nSPS) is 13.4. The van der Waals surface area contributed by atoms with E-state index in [1.54, 1.807) is 0 Å².